The molecule has 0 N–H and O–H groups in total. The minimum absolute atomic E-state index is 0.0491. The highest BCUT2D eigenvalue weighted by molar-refractivity contribution is 5.79. The SMILES string of the molecule is CCCCc1c(C=O)cccc1[N+](=O)[O-]. The summed E-state index contributed by atoms with van der Waals surface area (Å²) in [5.41, 5.74) is 1.03. The highest BCUT2D eigenvalue weighted by Crippen LogP contribution is 2.23. The quantitative estimate of drug-likeness (QED) is 0.423. The summed E-state index contributed by atoms with van der Waals surface area (Å²) in [6.45, 7) is 2.01. The van der Waals surface area contributed by atoms with E-state index in [1.807, 2.05) is 6.92 Å². The van der Waals surface area contributed by atoms with Gasteiger partial charge in [-0.05, 0) is 12.8 Å². The van der Waals surface area contributed by atoms with Crippen LogP contribution in [-0.4, -0.2) is 11.2 Å². The predicted molar refractivity (Wildman–Crippen MR) is 57.1 cm³/mol. The zero-order valence-electron chi connectivity index (χ0n) is 8.60. The van der Waals surface area contributed by atoms with Gasteiger partial charge in [-0.2, -0.15) is 0 Å². The molecule has 0 amide bonds. The van der Waals surface area contributed by atoms with Gasteiger partial charge in [-0.15, -0.1) is 0 Å². The van der Waals surface area contributed by atoms with Crippen molar-refractivity contribution in [3.05, 3.63) is 39.4 Å². The molecule has 15 heavy (non-hydrogen) atoms. The van der Waals surface area contributed by atoms with E-state index in [1.165, 1.54) is 12.1 Å². The fraction of sp³-hybridized carbons (Fsp3) is 0.364. The first-order chi connectivity index (χ1) is 7.20. The van der Waals surface area contributed by atoms with Gasteiger partial charge in [-0.3, -0.25) is 14.9 Å². The molecule has 1 aromatic rings. The van der Waals surface area contributed by atoms with Crippen LogP contribution in [0.2, 0.25) is 0 Å². The summed E-state index contributed by atoms with van der Waals surface area (Å²) in [5, 5.41) is 10.7. The molecule has 0 radical (unpaired) electrons. The standard InChI is InChI=1S/C11H13NO3/c1-2-3-6-10-9(8-13)5-4-7-11(10)12(14)15/h4-5,7-8H,2-3,6H2,1H3. The number of unbranched alkanes of at least 4 members (excludes halogenated alkanes) is 1. The van der Waals surface area contributed by atoms with Gasteiger partial charge in [-0.25, -0.2) is 0 Å². The normalized spacial score (nSPS) is 9.93. The summed E-state index contributed by atoms with van der Waals surface area (Å²) in [4.78, 5) is 21.1. The molecular weight excluding hydrogens is 194 g/mol. The molecule has 0 unspecified atom stereocenters. The molecule has 0 fully saturated rings. The van der Waals surface area contributed by atoms with Crippen LogP contribution < -0.4 is 0 Å². The molecule has 0 aliphatic rings. The predicted octanol–water partition coefficient (Wildman–Crippen LogP) is 2.75. The van der Waals surface area contributed by atoms with E-state index < -0.39 is 4.92 Å². The molecule has 0 spiro atoms. The first-order valence-electron chi connectivity index (χ1n) is 4.92. The number of benzene rings is 1. The maximum atomic E-state index is 10.7. The van der Waals surface area contributed by atoms with E-state index in [0.29, 0.717) is 23.8 Å². The van der Waals surface area contributed by atoms with Crippen molar-refractivity contribution >= 4 is 12.0 Å². The Balaban J connectivity index is 3.14. The van der Waals surface area contributed by atoms with Gasteiger partial charge in [0.25, 0.3) is 5.69 Å². The molecule has 4 nitrogen and oxygen atoms in total. The van der Waals surface area contributed by atoms with Crippen molar-refractivity contribution in [2.24, 2.45) is 0 Å². The summed E-state index contributed by atoms with van der Waals surface area (Å²) in [5.74, 6) is 0. The number of aldehydes is 1. The number of carbonyl (C=O) groups excluding carboxylic acids is 1. The minimum Gasteiger partial charge on any atom is -0.298 e. The largest absolute Gasteiger partial charge is 0.298 e. The van der Waals surface area contributed by atoms with Gasteiger partial charge < -0.3 is 0 Å². The second-order valence-corrected chi connectivity index (χ2v) is 3.32. The van der Waals surface area contributed by atoms with Gasteiger partial charge in [0.1, 0.15) is 0 Å². The molecular formula is C11H13NO3. The number of hydrogen-bond donors (Lipinski definition) is 0. The average Bonchev–Trinajstić information content (AvgIpc) is 2.25. The van der Waals surface area contributed by atoms with Gasteiger partial charge in [0.05, 0.1) is 4.92 Å². The fourth-order valence-electron chi connectivity index (χ4n) is 1.50. The lowest BCUT2D eigenvalue weighted by atomic mass is 10.0. The fourth-order valence-corrected chi connectivity index (χ4v) is 1.50. The smallest absolute Gasteiger partial charge is 0.273 e. The van der Waals surface area contributed by atoms with Crippen LogP contribution in [0, 0.1) is 10.1 Å². The third-order valence-corrected chi connectivity index (χ3v) is 2.29. The highest BCUT2D eigenvalue weighted by Gasteiger charge is 2.15. The van der Waals surface area contributed by atoms with Gasteiger partial charge in [0.15, 0.2) is 6.29 Å². The van der Waals surface area contributed by atoms with Gasteiger partial charge in [0.2, 0.25) is 0 Å². The Morgan fingerprint density at radius 3 is 2.73 bits per heavy atom. The molecule has 0 bridgehead atoms. The lowest BCUT2D eigenvalue weighted by Gasteiger charge is -2.04. The summed E-state index contributed by atoms with van der Waals surface area (Å²) in [7, 11) is 0. The maximum Gasteiger partial charge on any atom is 0.273 e. The molecule has 1 rings (SSSR count). The topological polar surface area (TPSA) is 60.2 Å². The first kappa shape index (κ1) is 11.4. The summed E-state index contributed by atoms with van der Waals surface area (Å²) in [6.07, 6.45) is 3.07. The Morgan fingerprint density at radius 2 is 2.20 bits per heavy atom. The van der Waals surface area contributed by atoms with Crippen molar-refractivity contribution in [3.8, 4) is 0 Å². The van der Waals surface area contributed by atoms with Crippen LogP contribution in [0.25, 0.3) is 0 Å². The maximum absolute atomic E-state index is 10.7. The second-order valence-electron chi connectivity index (χ2n) is 3.32. The third kappa shape index (κ3) is 2.62. The van der Waals surface area contributed by atoms with Crippen LogP contribution in [0.5, 0.6) is 0 Å². The molecule has 0 saturated heterocycles. The summed E-state index contributed by atoms with van der Waals surface area (Å²) < 4.78 is 0. The number of hydrogen-bond acceptors (Lipinski definition) is 3. The van der Waals surface area contributed by atoms with E-state index >= 15 is 0 Å². The molecule has 1 aromatic carbocycles. The zero-order valence-corrected chi connectivity index (χ0v) is 8.60. The summed E-state index contributed by atoms with van der Waals surface area (Å²) in [6, 6.07) is 4.60. The number of rotatable bonds is 5. The molecule has 4 heteroatoms. The Kier molecular flexibility index (Phi) is 3.97. The van der Waals surface area contributed by atoms with Crippen molar-refractivity contribution in [1.82, 2.24) is 0 Å². The van der Waals surface area contributed by atoms with E-state index in [4.69, 9.17) is 0 Å². The lowest BCUT2D eigenvalue weighted by molar-refractivity contribution is -0.385. The average molecular weight is 207 g/mol. The van der Waals surface area contributed by atoms with Crippen molar-refractivity contribution in [2.75, 3.05) is 0 Å². The zero-order chi connectivity index (χ0) is 11.3. The number of nitrogens with zero attached hydrogens (tertiary/aromatic N) is 1. The molecule has 0 saturated carbocycles. The van der Waals surface area contributed by atoms with Crippen LogP contribution in [0.3, 0.4) is 0 Å². The van der Waals surface area contributed by atoms with Crippen LogP contribution in [0.4, 0.5) is 5.69 Å². The third-order valence-electron chi connectivity index (χ3n) is 2.29. The molecule has 80 valence electrons. The summed E-state index contributed by atoms with van der Waals surface area (Å²) >= 11 is 0. The van der Waals surface area contributed by atoms with Crippen LogP contribution in [0.15, 0.2) is 18.2 Å². The van der Waals surface area contributed by atoms with Crippen molar-refractivity contribution < 1.29 is 9.72 Å². The van der Waals surface area contributed by atoms with Gasteiger partial charge in [-0.1, -0.05) is 25.5 Å². The van der Waals surface area contributed by atoms with Crippen molar-refractivity contribution in [2.45, 2.75) is 26.2 Å². The Hall–Kier alpha value is -1.71. The minimum atomic E-state index is -0.433. The van der Waals surface area contributed by atoms with Crippen LogP contribution in [-0.2, 0) is 6.42 Å². The second kappa shape index (κ2) is 5.24. The van der Waals surface area contributed by atoms with E-state index in [1.54, 1.807) is 6.07 Å². The van der Waals surface area contributed by atoms with E-state index in [2.05, 4.69) is 0 Å². The van der Waals surface area contributed by atoms with Crippen LogP contribution in [0.1, 0.15) is 35.7 Å². The molecule has 0 atom stereocenters. The number of carbonyl (C=O) groups is 1. The Morgan fingerprint density at radius 1 is 1.47 bits per heavy atom. The molecule has 0 aliphatic carbocycles. The van der Waals surface area contributed by atoms with E-state index in [0.717, 1.165) is 12.8 Å². The highest BCUT2D eigenvalue weighted by atomic mass is 16.6. The molecule has 0 heterocycles. The first-order valence-corrected chi connectivity index (χ1v) is 4.92. The molecule has 0 aliphatic heterocycles. The van der Waals surface area contributed by atoms with E-state index in [-0.39, 0.29) is 5.69 Å². The Bertz CT molecular complexity index is 374. The number of nitro groups is 1. The van der Waals surface area contributed by atoms with Gasteiger partial charge in [0, 0.05) is 17.2 Å². The van der Waals surface area contributed by atoms with Crippen LogP contribution >= 0.6 is 0 Å². The van der Waals surface area contributed by atoms with Crippen molar-refractivity contribution in [3.63, 3.8) is 0 Å². The Labute approximate surface area is 88.1 Å². The monoisotopic (exact) mass is 207 g/mol. The van der Waals surface area contributed by atoms with E-state index in [9.17, 15) is 14.9 Å². The lowest BCUT2D eigenvalue weighted by Crippen LogP contribution is -2.00. The number of nitro benzene ring substituents is 1. The molecule has 0 aromatic heterocycles. The van der Waals surface area contributed by atoms with Gasteiger partial charge >= 0.3 is 0 Å². The van der Waals surface area contributed by atoms with Crippen molar-refractivity contribution in [1.29, 1.82) is 0 Å².